The minimum Gasteiger partial charge on any atom is -0.492 e. The molecule has 7 nitrogen and oxygen atoms in total. The number of piperazine rings is 1. The number of allylic oxidation sites excluding steroid dienone is 1. The van der Waals surface area contributed by atoms with Crippen LogP contribution in [-0.2, 0) is 0 Å². The topological polar surface area (TPSA) is 80.6 Å². The first-order valence-corrected chi connectivity index (χ1v) is 9.33. The van der Waals surface area contributed by atoms with Crippen LogP contribution in [0.5, 0.6) is 5.88 Å². The number of nitrogens with zero attached hydrogens (tertiary/aromatic N) is 5. The van der Waals surface area contributed by atoms with Gasteiger partial charge in [0, 0.05) is 55.4 Å². The predicted octanol–water partition coefficient (Wildman–Crippen LogP) is 4.36. The van der Waals surface area contributed by atoms with Crippen LogP contribution in [0.1, 0.15) is 11.3 Å². The highest BCUT2D eigenvalue weighted by atomic mass is 35.5. The molecule has 2 N–H and O–H groups in total. The first-order valence-electron chi connectivity index (χ1n) is 9.33. The van der Waals surface area contributed by atoms with Gasteiger partial charge in [-0.05, 0) is 30.3 Å². The Labute approximate surface area is 199 Å². The smallest absolute Gasteiger partial charge is 0.238 e. The van der Waals surface area contributed by atoms with Gasteiger partial charge in [-0.2, -0.15) is 4.98 Å². The molecule has 31 heavy (non-hydrogen) atoms. The summed E-state index contributed by atoms with van der Waals surface area (Å²) in [4.78, 5) is 20.7. The van der Waals surface area contributed by atoms with E-state index in [1.807, 2.05) is 24.3 Å². The number of aromatic nitrogens is 3. The average molecular weight is 482 g/mol. The molecule has 1 fully saturated rings. The number of fused-ring (bicyclic) bond motifs is 1. The highest BCUT2D eigenvalue weighted by Crippen LogP contribution is 2.32. The van der Waals surface area contributed by atoms with Gasteiger partial charge in [0.1, 0.15) is 5.69 Å². The molecule has 0 bridgehead atoms. The minimum atomic E-state index is -0.00118. The molecule has 5 rings (SSSR count). The number of halogens is 3. The zero-order chi connectivity index (χ0) is 18.9. The number of benzene rings is 1. The van der Waals surface area contributed by atoms with Crippen molar-refractivity contribution >= 4 is 72.5 Å². The Hall–Kier alpha value is -2.74. The number of rotatable bonds is 3. The largest absolute Gasteiger partial charge is 0.492 e. The lowest BCUT2D eigenvalue weighted by Gasteiger charge is -2.35. The molecule has 4 heterocycles. The number of pyridine rings is 1. The van der Waals surface area contributed by atoms with E-state index in [0.29, 0.717) is 17.5 Å². The van der Waals surface area contributed by atoms with Gasteiger partial charge in [0.15, 0.2) is 5.82 Å². The predicted molar refractivity (Wildman–Crippen MR) is 133 cm³/mol. The van der Waals surface area contributed by atoms with Crippen LogP contribution in [0.4, 0.5) is 17.5 Å². The number of hydrogen-bond acceptors (Lipinski definition) is 6. The monoisotopic (exact) mass is 480 g/mol. The number of H-pyrrole nitrogens is 1. The molecule has 0 radical (unpaired) electrons. The van der Waals surface area contributed by atoms with Crippen LogP contribution in [0.3, 0.4) is 0 Å². The number of nitrogens with one attached hydrogen (secondary N) is 1. The Morgan fingerprint density at radius 2 is 1.61 bits per heavy atom. The fourth-order valence-electron chi connectivity index (χ4n) is 3.63. The van der Waals surface area contributed by atoms with E-state index in [2.05, 4.69) is 54.0 Å². The molecule has 2 aromatic heterocycles. The first kappa shape index (κ1) is 24.5. The van der Waals surface area contributed by atoms with Crippen LogP contribution >= 0.6 is 37.2 Å². The lowest BCUT2D eigenvalue weighted by molar-refractivity contribution is 0.455. The Morgan fingerprint density at radius 1 is 0.903 bits per heavy atom. The maximum Gasteiger partial charge on any atom is 0.238 e. The van der Waals surface area contributed by atoms with Gasteiger partial charge in [0.25, 0.3) is 0 Å². The number of aromatic hydroxyl groups is 1. The molecule has 10 heteroatoms. The van der Waals surface area contributed by atoms with Crippen LogP contribution in [0.15, 0.2) is 53.7 Å². The fraction of sp³-hybridized carbons (Fsp3) is 0.190. The molecule has 0 aliphatic carbocycles. The summed E-state index contributed by atoms with van der Waals surface area (Å²) < 4.78 is 0. The van der Waals surface area contributed by atoms with Gasteiger partial charge in [0.05, 0.1) is 0 Å². The maximum absolute atomic E-state index is 10.3. The molecule has 2 aliphatic rings. The second kappa shape index (κ2) is 10.5. The Bertz CT molecular complexity index is 1060. The van der Waals surface area contributed by atoms with Gasteiger partial charge >= 0.3 is 0 Å². The van der Waals surface area contributed by atoms with E-state index >= 15 is 0 Å². The summed E-state index contributed by atoms with van der Waals surface area (Å²) in [5, 5.41) is 10.3. The summed E-state index contributed by atoms with van der Waals surface area (Å²) in [6.45, 7) is 3.50. The average Bonchev–Trinajstić information content (AvgIpc) is 3.33. The molecular weight excluding hydrogens is 459 g/mol. The Balaban J connectivity index is 0.00000114. The van der Waals surface area contributed by atoms with Crippen molar-refractivity contribution in [3.63, 3.8) is 0 Å². The van der Waals surface area contributed by atoms with Crippen LogP contribution in [-0.4, -0.2) is 52.5 Å². The minimum absolute atomic E-state index is 0. The van der Waals surface area contributed by atoms with Crippen molar-refractivity contribution in [1.82, 2.24) is 15.0 Å². The number of para-hydroxylation sites is 1. The van der Waals surface area contributed by atoms with Crippen LogP contribution in [0.25, 0.3) is 11.6 Å². The van der Waals surface area contributed by atoms with E-state index in [4.69, 9.17) is 0 Å². The maximum atomic E-state index is 10.3. The second-order valence-corrected chi connectivity index (χ2v) is 6.84. The molecule has 3 aromatic rings. The lowest BCUT2D eigenvalue weighted by Crippen LogP contribution is -2.46. The first-order chi connectivity index (χ1) is 13.8. The zero-order valence-corrected chi connectivity index (χ0v) is 19.0. The lowest BCUT2D eigenvalue weighted by atomic mass is 10.1. The highest BCUT2D eigenvalue weighted by Gasteiger charge is 2.21. The molecule has 164 valence electrons. The molecule has 2 aliphatic heterocycles. The standard InChI is InChI=1S/C21H20N6O.3ClH/c28-20-18(13-15-14-23-19-17(15)7-4-8-22-19)24-21(25-20)27-11-9-26(10-12-27)16-5-2-1-3-6-16;;;/h1-8,13-14,28H,9-12H2,(H,24,25);3*1H/b15-13+;;;. The number of hydrogen-bond donors (Lipinski definition) is 2. The summed E-state index contributed by atoms with van der Waals surface area (Å²) in [6.07, 6.45) is 5.35. The van der Waals surface area contributed by atoms with Crippen molar-refractivity contribution in [1.29, 1.82) is 0 Å². The molecule has 1 saturated heterocycles. The summed E-state index contributed by atoms with van der Waals surface area (Å²) >= 11 is 0. The van der Waals surface area contributed by atoms with Crippen molar-refractivity contribution in [2.75, 3.05) is 36.0 Å². The number of anilines is 2. The van der Waals surface area contributed by atoms with Gasteiger partial charge in [-0.1, -0.05) is 18.2 Å². The third-order valence-electron chi connectivity index (χ3n) is 5.12. The van der Waals surface area contributed by atoms with Crippen molar-refractivity contribution in [2.24, 2.45) is 4.99 Å². The zero-order valence-electron chi connectivity index (χ0n) is 16.5. The third-order valence-corrected chi connectivity index (χ3v) is 5.12. The van der Waals surface area contributed by atoms with Gasteiger partial charge in [-0.15, -0.1) is 37.2 Å². The fourth-order valence-corrected chi connectivity index (χ4v) is 3.63. The van der Waals surface area contributed by atoms with Gasteiger partial charge < -0.3 is 19.9 Å². The van der Waals surface area contributed by atoms with Crippen molar-refractivity contribution in [3.05, 3.63) is 59.9 Å². The van der Waals surface area contributed by atoms with Crippen molar-refractivity contribution in [3.8, 4) is 5.88 Å². The highest BCUT2D eigenvalue weighted by molar-refractivity contribution is 6.20. The molecule has 0 amide bonds. The number of aliphatic imine (C=N–C) groups is 1. The normalized spacial score (nSPS) is 15.7. The quantitative estimate of drug-likeness (QED) is 0.581. The van der Waals surface area contributed by atoms with Gasteiger partial charge in [-0.25, -0.2) is 9.98 Å². The summed E-state index contributed by atoms with van der Waals surface area (Å²) in [6, 6.07) is 14.3. The summed E-state index contributed by atoms with van der Waals surface area (Å²) in [5.74, 6) is 1.39. The molecule has 0 saturated carbocycles. The molecule has 0 unspecified atom stereocenters. The molecule has 0 spiro atoms. The summed E-state index contributed by atoms with van der Waals surface area (Å²) in [5.41, 5.74) is 3.68. The Kier molecular flexibility index (Phi) is 8.33. The van der Waals surface area contributed by atoms with Crippen LogP contribution < -0.4 is 9.80 Å². The van der Waals surface area contributed by atoms with Gasteiger partial charge in [0.2, 0.25) is 11.8 Å². The van der Waals surface area contributed by atoms with E-state index < -0.39 is 0 Å². The van der Waals surface area contributed by atoms with E-state index in [9.17, 15) is 5.11 Å². The van der Waals surface area contributed by atoms with Gasteiger partial charge in [-0.3, -0.25) is 0 Å². The van der Waals surface area contributed by atoms with E-state index in [0.717, 1.165) is 37.3 Å². The molecule has 0 atom stereocenters. The molecular formula is C21H23Cl3N6O. The Morgan fingerprint density at radius 3 is 2.35 bits per heavy atom. The van der Waals surface area contributed by atoms with Crippen LogP contribution in [0, 0.1) is 0 Å². The van der Waals surface area contributed by atoms with Crippen molar-refractivity contribution < 1.29 is 5.11 Å². The SMILES string of the molecule is Cl.Cl.Cl.Oc1nc(N2CCN(c3ccccc3)CC2)[nH]c1/C=C1\C=Nc2ncccc21. The van der Waals surface area contributed by atoms with E-state index in [1.165, 1.54) is 5.69 Å². The molecule has 1 aromatic carbocycles. The second-order valence-electron chi connectivity index (χ2n) is 6.84. The van der Waals surface area contributed by atoms with Crippen LogP contribution in [0.2, 0.25) is 0 Å². The number of imidazole rings is 1. The summed E-state index contributed by atoms with van der Waals surface area (Å²) in [7, 11) is 0. The van der Waals surface area contributed by atoms with Crippen molar-refractivity contribution in [2.45, 2.75) is 0 Å². The van der Waals surface area contributed by atoms with E-state index in [-0.39, 0.29) is 43.1 Å². The van der Waals surface area contributed by atoms with E-state index in [1.54, 1.807) is 12.4 Å². The number of aromatic amines is 1. The third kappa shape index (κ3) is 4.95.